The minimum atomic E-state index is -3.39. The third-order valence-electron chi connectivity index (χ3n) is 5.49. The molecule has 2 aromatic heterocycles. The average molecular weight is 484 g/mol. The molecule has 0 radical (unpaired) electrons. The van der Waals surface area contributed by atoms with Gasteiger partial charge in [0.2, 0.25) is 10.0 Å². The first kappa shape index (κ1) is 23.9. The summed E-state index contributed by atoms with van der Waals surface area (Å²) in [7, 11) is -1.78. The summed E-state index contributed by atoms with van der Waals surface area (Å²) in [4.78, 5) is 9.31. The van der Waals surface area contributed by atoms with Crippen LogP contribution in [0.2, 0.25) is 0 Å². The number of methoxy groups -OCH3 is 1. The summed E-state index contributed by atoms with van der Waals surface area (Å²) >= 11 is 0. The number of imidazole rings is 1. The zero-order valence-electron chi connectivity index (χ0n) is 19.8. The largest absolute Gasteiger partial charge is 0.389 e. The van der Waals surface area contributed by atoms with Crippen molar-refractivity contribution in [2.24, 2.45) is 0 Å². The summed E-state index contributed by atoms with van der Waals surface area (Å²) in [5.74, 6) is 0.940. The second kappa shape index (κ2) is 8.53. The monoisotopic (exact) mass is 483 g/mol. The number of hydrogen-bond acceptors (Lipinski definition) is 7. The molecular weight excluding hydrogens is 454 g/mol. The minimum absolute atomic E-state index is 0.284. The van der Waals surface area contributed by atoms with Crippen LogP contribution in [0.5, 0.6) is 0 Å². The van der Waals surface area contributed by atoms with E-state index in [9.17, 15) is 13.5 Å². The molecule has 0 aliphatic rings. The molecule has 0 fully saturated rings. The van der Waals surface area contributed by atoms with Crippen LogP contribution in [0.3, 0.4) is 0 Å². The third-order valence-corrected chi connectivity index (χ3v) is 6.10. The number of anilines is 2. The molecule has 0 aliphatic carbocycles. The van der Waals surface area contributed by atoms with Crippen LogP contribution in [0, 0.1) is 0 Å². The van der Waals surface area contributed by atoms with Crippen molar-refractivity contribution in [1.29, 1.82) is 0 Å². The van der Waals surface area contributed by atoms with E-state index in [1.807, 2.05) is 35.8 Å². The van der Waals surface area contributed by atoms with Gasteiger partial charge in [0, 0.05) is 18.2 Å². The molecule has 1 atom stereocenters. The normalized spacial score (nSPS) is 13.5. The van der Waals surface area contributed by atoms with Gasteiger partial charge >= 0.3 is 0 Å². The molecule has 4 N–H and O–H groups in total. The Balaban J connectivity index is 1.92. The van der Waals surface area contributed by atoms with Crippen LogP contribution in [0.1, 0.15) is 32.7 Å². The standard InChI is InChI=1S/C24H29N5O4S/c1-14(33-4)23-27-20-21(29(23)13-24(2,3)30)18-10-9-16(12-19(18)26-22(20)25)15-7-6-8-17(11-15)28-34(5,31)32/h6-12,14,28,30H,13H2,1-5H3,(H2,25,26). The molecule has 2 aromatic carbocycles. The van der Waals surface area contributed by atoms with E-state index in [1.54, 1.807) is 39.2 Å². The lowest BCUT2D eigenvalue weighted by Crippen LogP contribution is -2.27. The maximum Gasteiger partial charge on any atom is 0.229 e. The molecule has 1 unspecified atom stereocenters. The van der Waals surface area contributed by atoms with Gasteiger partial charge in [0.05, 0.1) is 29.4 Å². The van der Waals surface area contributed by atoms with Crippen molar-refractivity contribution in [3.8, 4) is 11.1 Å². The number of nitrogens with zero attached hydrogens (tertiary/aromatic N) is 3. The van der Waals surface area contributed by atoms with Crippen LogP contribution in [-0.4, -0.2) is 47.0 Å². The Morgan fingerprint density at radius 3 is 2.53 bits per heavy atom. The number of nitrogens with two attached hydrogens (primary N) is 1. The predicted molar refractivity (Wildman–Crippen MR) is 135 cm³/mol. The Hall–Kier alpha value is -3.21. The molecule has 4 aromatic rings. The lowest BCUT2D eigenvalue weighted by molar-refractivity contribution is 0.0556. The van der Waals surface area contributed by atoms with Crippen molar-refractivity contribution in [3.05, 3.63) is 48.3 Å². The molecule has 10 heteroatoms. The van der Waals surface area contributed by atoms with Crippen LogP contribution in [0.4, 0.5) is 11.5 Å². The van der Waals surface area contributed by atoms with Gasteiger partial charge in [-0.15, -0.1) is 0 Å². The van der Waals surface area contributed by atoms with Gasteiger partial charge in [-0.3, -0.25) is 4.72 Å². The van der Waals surface area contributed by atoms with Gasteiger partial charge in [-0.25, -0.2) is 18.4 Å². The first-order valence-electron chi connectivity index (χ1n) is 10.8. The fraction of sp³-hybridized carbons (Fsp3) is 0.333. The van der Waals surface area contributed by atoms with Crippen molar-refractivity contribution in [2.45, 2.75) is 39.0 Å². The first-order valence-corrected chi connectivity index (χ1v) is 12.7. The van der Waals surface area contributed by atoms with Gasteiger partial charge in [0.1, 0.15) is 17.4 Å². The molecular formula is C24H29N5O4S. The van der Waals surface area contributed by atoms with Crippen molar-refractivity contribution in [1.82, 2.24) is 14.5 Å². The van der Waals surface area contributed by atoms with Gasteiger partial charge in [-0.05, 0) is 50.1 Å². The SMILES string of the molecule is COC(C)c1nc2c(N)nc3cc(-c4cccc(NS(C)(=O)=O)c4)ccc3c2n1CC(C)(C)O. The van der Waals surface area contributed by atoms with Crippen molar-refractivity contribution in [3.63, 3.8) is 0 Å². The molecule has 4 rings (SSSR count). The van der Waals surface area contributed by atoms with E-state index in [4.69, 9.17) is 15.5 Å². The van der Waals surface area contributed by atoms with Crippen LogP contribution in [0.25, 0.3) is 33.1 Å². The lowest BCUT2D eigenvalue weighted by atomic mass is 10.0. The predicted octanol–water partition coefficient (Wildman–Crippen LogP) is 3.68. The Labute approximate surface area is 198 Å². The Bertz CT molecular complexity index is 1490. The fourth-order valence-electron chi connectivity index (χ4n) is 4.05. The minimum Gasteiger partial charge on any atom is -0.389 e. The second-order valence-corrected chi connectivity index (χ2v) is 10.9. The fourth-order valence-corrected chi connectivity index (χ4v) is 4.60. The topological polar surface area (TPSA) is 132 Å². The third kappa shape index (κ3) is 4.84. The summed E-state index contributed by atoms with van der Waals surface area (Å²) in [5.41, 5.74) is 9.50. The number of fused-ring (bicyclic) bond motifs is 3. The Morgan fingerprint density at radius 1 is 1.18 bits per heavy atom. The van der Waals surface area contributed by atoms with Crippen LogP contribution in [0.15, 0.2) is 42.5 Å². The number of nitrogens with one attached hydrogen (secondary N) is 1. The molecule has 0 saturated heterocycles. The van der Waals surface area contributed by atoms with Gasteiger partial charge in [-0.2, -0.15) is 0 Å². The molecule has 9 nitrogen and oxygen atoms in total. The smallest absolute Gasteiger partial charge is 0.229 e. The van der Waals surface area contributed by atoms with Crippen LogP contribution < -0.4 is 10.5 Å². The molecule has 0 saturated carbocycles. The van der Waals surface area contributed by atoms with Gasteiger partial charge in [0.15, 0.2) is 5.82 Å². The molecule has 0 aliphatic heterocycles. The van der Waals surface area contributed by atoms with E-state index in [-0.39, 0.29) is 11.9 Å². The van der Waals surface area contributed by atoms with Gasteiger partial charge in [-0.1, -0.05) is 24.3 Å². The number of ether oxygens (including phenoxy) is 1. The van der Waals surface area contributed by atoms with E-state index < -0.39 is 15.6 Å². The van der Waals surface area contributed by atoms with Gasteiger partial charge in [0.25, 0.3) is 0 Å². The number of aromatic nitrogens is 3. The zero-order valence-corrected chi connectivity index (χ0v) is 20.6. The summed E-state index contributed by atoms with van der Waals surface area (Å²) in [5, 5.41) is 11.4. The Kier molecular flexibility index (Phi) is 6.01. The highest BCUT2D eigenvalue weighted by molar-refractivity contribution is 7.92. The molecule has 0 amide bonds. The molecule has 34 heavy (non-hydrogen) atoms. The molecule has 0 spiro atoms. The average Bonchev–Trinajstić information content (AvgIpc) is 3.10. The number of hydrogen-bond donors (Lipinski definition) is 3. The van der Waals surface area contributed by atoms with E-state index in [0.717, 1.165) is 28.3 Å². The number of aliphatic hydroxyl groups is 1. The number of nitrogen functional groups attached to an aromatic ring is 1. The number of benzene rings is 2. The molecule has 0 bridgehead atoms. The highest BCUT2D eigenvalue weighted by Gasteiger charge is 2.25. The molecule has 180 valence electrons. The van der Waals surface area contributed by atoms with E-state index in [0.29, 0.717) is 29.1 Å². The van der Waals surface area contributed by atoms with Crippen molar-refractivity contribution >= 4 is 43.5 Å². The maximum absolute atomic E-state index is 11.6. The van der Waals surface area contributed by atoms with Gasteiger partial charge < -0.3 is 20.1 Å². The highest BCUT2D eigenvalue weighted by atomic mass is 32.2. The summed E-state index contributed by atoms with van der Waals surface area (Å²) < 4.78 is 33.2. The lowest BCUT2D eigenvalue weighted by Gasteiger charge is -2.22. The Morgan fingerprint density at radius 2 is 1.88 bits per heavy atom. The quantitative estimate of drug-likeness (QED) is 0.365. The first-order chi connectivity index (χ1) is 15.9. The number of rotatable bonds is 7. The summed E-state index contributed by atoms with van der Waals surface area (Å²) in [6, 6.07) is 12.9. The molecule has 2 heterocycles. The van der Waals surface area contributed by atoms with E-state index in [2.05, 4.69) is 9.71 Å². The van der Waals surface area contributed by atoms with E-state index >= 15 is 0 Å². The highest BCUT2D eigenvalue weighted by Crippen LogP contribution is 2.34. The number of sulfonamides is 1. The zero-order chi connectivity index (χ0) is 24.8. The van der Waals surface area contributed by atoms with Crippen LogP contribution >= 0.6 is 0 Å². The summed E-state index contributed by atoms with van der Waals surface area (Å²) in [6.07, 6.45) is 0.803. The maximum atomic E-state index is 11.6. The second-order valence-electron chi connectivity index (χ2n) is 9.13. The van der Waals surface area contributed by atoms with E-state index in [1.165, 1.54) is 0 Å². The van der Waals surface area contributed by atoms with Crippen molar-refractivity contribution < 1.29 is 18.3 Å². The van der Waals surface area contributed by atoms with Crippen LogP contribution in [-0.2, 0) is 21.3 Å². The van der Waals surface area contributed by atoms with Crippen molar-refractivity contribution in [2.75, 3.05) is 23.8 Å². The number of pyridine rings is 1. The summed E-state index contributed by atoms with van der Waals surface area (Å²) in [6.45, 7) is 5.67.